The molecule has 0 aliphatic carbocycles. The Kier molecular flexibility index (Phi) is 7.40. The zero-order chi connectivity index (χ0) is 13.4. The van der Waals surface area contributed by atoms with Crippen LogP contribution in [0.4, 0.5) is 0 Å². The highest BCUT2D eigenvalue weighted by atomic mass is 32.2. The quantitative estimate of drug-likeness (QED) is 0.759. The summed E-state index contributed by atoms with van der Waals surface area (Å²) in [5, 5.41) is 13.1. The number of thioether (sulfide) groups is 1. The molecule has 102 valence electrons. The van der Waals surface area contributed by atoms with Crippen LogP contribution in [0.5, 0.6) is 0 Å². The van der Waals surface area contributed by atoms with Crippen LogP contribution < -0.4 is 5.32 Å². The second kappa shape index (κ2) is 8.57. The Bertz CT molecular complexity index is 316. The molecule has 2 nitrogen and oxygen atoms in total. The molecule has 0 amide bonds. The highest BCUT2D eigenvalue weighted by Crippen LogP contribution is 2.32. The first kappa shape index (κ1) is 15.5. The molecule has 0 bridgehead atoms. The van der Waals surface area contributed by atoms with Gasteiger partial charge in [0.05, 0.1) is 6.61 Å². The predicted molar refractivity (Wildman–Crippen MR) is 81.0 cm³/mol. The van der Waals surface area contributed by atoms with Crippen molar-refractivity contribution in [1.82, 2.24) is 5.32 Å². The van der Waals surface area contributed by atoms with E-state index >= 15 is 0 Å². The second-order valence-electron chi connectivity index (χ2n) is 4.75. The molecule has 1 aromatic carbocycles. The average Bonchev–Trinajstić information content (AvgIpc) is 2.38. The zero-order valence-electron chi connectivity index (χ0n) is 11.6. The predicted octanol–water partition coefficient (Wildman–Crippen LogP) is 3.09. The van der Waals surface area contributed by atoms with E-state index in [1.807, 2.05) is 11.8 Å². The Balaban J connectivity index is 2.86. The minimum Gasteiger partial charge on any atom is -0.396 e. The summed E-state index contributed by atoms with van der Waals surface area (Å²) < 4.78 is 0. The maximum atomic E-state index is 9.04. The molecule has 18 heavy (non-hydrogen) atoms. The summed E-state index contributed by atoms with van der Waals surface area (Å²) in [4.78, 5) is 0. The van der Waals surface area contributed by atoms with Crippen molar-refractivity contribution >= 4 is 11.8 Å². The number of benzene rings is 1. The first-order valence-corrected chi connectivity index (χ1v) is 7.76. The van der Waals surface area contributed by atoms with Gasteiger partial charge in [-0.1, -0.05) is 51.1 Å². The van der Waals surface area contributed by atoms with Crippen molar-refractivity contribution in [2.45, 2.75) is 32.1 Å². The summed E-state index contributed by atoms with van der Waals surface area (Å²) in [6.07, 6.45) is 0. The van der Waals surface area contributed by atoms with Gasteiger partial charge in [-0.05, 0) is 18.0 Å². The lowest BCUT2D eigenvalue weighted by molar-refractivity contribution is 0.322. The Morgan fingerprint density at radius 2 is 1.89 bits per heavy atom. The highest BCUT2D eigenvalue weighted by Gasteiger charge is 2.25. The van der Waals surface area contributed by atoms with E-state index in [0.717, 1.165) is 12.3 Å². The van der Waals surface area contributed by atoms with E-state index in [9.17, 15) is 0 Å². The summed E-state index contributed by atoms with van der Waals surface area (Å²) in [7, 11) is 0. The van der Waals surface area contributed by atoms with Crippen LogP contribution in [-0.2, 0) is 0 Å². The molecular weight excluding hydrogens is 242 g/mol. The van der Waals surface area contributed by atoms with Gasteiger partial charge in [0.15, 0.2) is 0 Å². The van der Waals surface area contributed by atoms with E-state index in [-0.39, 0.29) is 6.61 Å². The van der Waals surface area contributed by atoms with Crippen LogP contribution in [0.15, 0.2) is 30.3 Å². The van der Waals surface area contributed by atoms with E-state index in [0.29, 0.717) is 17.2 Å². The Labute approximate surface area is 115 Å². The molecule has 3 heteroatoms. The molecule has 0 saturated heterocycles. The molecule has 2 N–H and O–H groups in total. The van der Waals surface area contributed by atoms with Gasteiger partial charge in [0.25, 0.3) is 0 Å². The van der Waals surface area contributed by atoms with Crippen LogP contribution >= 0.6 is 11.8 Å². The molecular formula is C15H25NOS. The van der Waals surface area contributed by atoms with Gasteiger partial charge < -0.3 is 10.4 Å². The fraction of sp³-hybridized carbons (Fsp3) is 0.600. The standard InChI is InChI=1S/C15H25NOS/c1-4-16-14(13-8-6-5-7-9-13)15(12(2)3)18-11-10-17/h5-9,12,14-17H,4,10-11H2,1-3H3. The maximum Gasteiger partial charge on any atom is 0.0521 e. The van der Waals surface area contributed by atoms with Crippen LogP contribution in [0.3, 0.4) is 0 Å². The lowest BCUT2D eigenvalue weighted by atomic mass is 9.96. The monoisotopic (exact) mass is 267 g/mol. The fourth-order valence-electron chi connectivity index (χ4n) is 2.17. The molecule has 0 heterocycles. The summed E-state index contributed by atoms with van der Waals surface area (Å²) in [5.41, 5.74) is 1.34. The van der Waals surface area contributed by atoms with Gasteiger partial charge in [-0.3, -0.25) is 0 Å². The van der Waals surface area contributed by atoms with Gasteiger partial charge in [0.1, 0.15) is 0 Å². The third-order valence-electron chi connectivity index (χ3n) is 2.97. The van der Waals surface area contributed by atoms with Gasteiger partial charge in [-0.2, -0.15) is 11.8 Å². The van der Waals surface area contributed by atoms with Crippen molar-refractivity contribution in [2.75, 3.05) is 18.9 Å². The molecule has 0 aromatic heterocycles. The van der Waals surface area contributed by atoms with E-state index in [1.165, 1.54) is 5.56 Å². The summed E-state index contributed by atoms with van der Waals surface area (Å²) in [5.74, 6) is 1.38. The number of hydrogen-bond donors (Lipinski definition) is 2. The van der Waals surface area contributed by atoms with Gasteiger partial charge in [0.2, 0.25) is 0 Å². The minimum absolute atomic E-state index is 0.252. The maximum absolute atomic E-state index is 9.04. The second-order valence-corrected chi connectivity index (χ2v) is 6.03. The van der Waals surface area contributed by atoms with Gasteiger partial charge in [0, 0.05) is 17.0 Å². The molecule has 0 radical (unpaired) electrons. The van der Waals surface area contributed by atoms with Crippen molar-refractivity contribution < 1.29 is 5.11 Å². The molecule has 1 aromatic rings. The van der Waals surface area contributed by atoms with Crippen molar-refractivity contribution in [3.8, 4) is 0 Å². The Morgan fingerprint density at radius 1 is 1.22 bits per heavy atom. The molecule has 1 rings (SSSR count). The third-order valence-corrected chi connectivity index (χ3v) is 4.59. The zero-order valence-corrected chi connectivity index (χ0v) is 12.4. The number of hydrogen-bond acceptors (Lipinski definition) is 3. The molecule has 0 aliphatic rings. The summed E-state index contributed by atoms with van der Waals surface area (Å²) in [6, 6.07) is 11.0. The van der Waals surface area contributed by atoms with Crippen LogP contribution in [0, 0.1) is 5.92 Å². The van der Waals surface area contributed by atoms with Crippen LogP contribution in [-0.4, -0.2) is 29.3 Å². The van der Waals surface area contributed by atoms with Crippen molar-refractivity contribution in [3.05, 3.63) is 35.9 Å². The smallest absolute Gasteiger partial charge is 0.0521 e. The van der Waals surface area contributed by atoms with Gasteiger partial charge in [-0.25, -0.2) is 0 Å². The van der Waals surface area contributed by atoms with Crippen molar-refractivity contribution in [1.29, 1.82) is 0 Å². The number of nitrogens with one attached hydrogen (secondary N) is 1. The van der Waals surface area contributed by atoms with E-state index in [2.05, 4.69) is 56.4 Å². The SMILES string of the molecule is CCNC(c1ccccc1)C(SCCO)C(C)C. The van der Waals surface area contributed by atoms with Gasteiger partial charge >= 0.3 is 0 Å². The largest absolute Gasteiger partial charge is 0.396 e. The van der Waals surface area contributed by atoms with E-state index in [1.54, 1.807) is 0 Å². The van der Waals surface area contributed by atoms with Crippen LogP contribution in [0.2, 0.25) is 0 Å². The van der Waals surface area contributed by atoms with E-state index < -0.39 is 0 Å². The molecule has 2 unspecified atom stereocenters. The lowest BCUT2D eigenvalue weighted by Gasteiger charge is -2.30. The first-order valence-electron chi connectivity index (χ1n) is 6.71. The van der Waals surface area contributed by atoms with Crippen molar-refractivity contribution in [3.63, 3.8) is 0 Å². The first-order chi connectivity index (χ1) is 8.70. The van der Waals surface area contributed by atoms with Crippen LogP contribution in [0.1, 0.15) is 32.4 Å². The number of aliphatic hydroxyl groups is 1. The van der Waals surface area contributed by atoms with Gasteiger partial charge in [-0.15, -0.1) is 0 Å². The molecule has 0 aliphatic heterocycles. The van der Waals surface area contributed by atoms with Crippen molar-refractivity contribution in [2.24, 2.45) is 5.92 Å². The molecule has 2 atom stereocenters. The Hall–Kier alpha value is -0.510. The Morgan fingerprint density at radius 3 is 2.39 bits per heavy atom. The molecule has 0 spiro atoms. The molecule has 0 fully saturated rings. The number of aliphatic hydroxyl groups excluding tert-OH is 1. The third kappa shape index (κ3) is 4.63. The van der Waals surface area contributed by atoms with Crippen LogP contribution in [0.25, 0.3) is 0 Å². The fourth-order valence-corrected chi connectivity index (χ4v) is 3.37. The number of rotatable bonds is 8. The summed E-state index contributed by atoms with van der Waals surface area (Å²) >= 11 is 1.86. The van der Waals surface area contributed by atoms with E-state index in [4.69, 9.17) is 5.11 Å². The summed E-state index contributed by atoms with van der Waals surface area (Å²) in [6.45, 7) is 7.86. The average molecular weight is 267 g/mol. The highest BCUT2D eigenvalue weighted by molar-refractivity contribution is 7.99. The molecule has 0 saturated carbocycles. The topological polar surface area (TPSA) is 32.3 Å². The lowest BCUT2D eigenvalue weighted by Crippen LogP contribution is -2.33. The normalized spacial score (nSPS) is 14.7. The minimum atomic E-state index is 0.252.